The van der Waals surface area contributed by atoms with E-state index >= 15 is 0 Å². The molecule has 0 bridgehead atoms. The molecule has 4 N–H and O–H groups in total. The highest BCUT2D eigenvalue weighted by Crippen LogP contribution is 2.19. The number of nitrogens with zero attached hydrogens (tertiary/aromatic N) is 2. The third kappa shape index (κ3) is 3.20. The molecule has 0 aromatic heterocycles. The number of aryl methyl sites for hydroxylation is 1. The van der Waals surface area contributed by atoms with E-state index in [9.17, 15) is 4.79 Å². The maximum absolute atomic E-state index is 12.3. The lowest BCUT2D eigenvalue weighted by atomic mass is 10.0. The average molecular weight is 276 g/mol. The molecule has 1 atom stereocenters. The lowest BCUT2D eigenvalue weighted by molar-refractivity contribution is 0.183. The molecular formula is C14H20N4O2. The van der Waals surface area contributed by atoms with Gasteiger partial charge in [0.15, 0.2) is 5.84 Å². The first kappa shape index (κ1) is 14.2. The van der Waals surface area contributed by atoms with Crippen molar-refractivity contribution >= 4 is 17.6 Å². The van der Waals surface area contributed by atoms with Gasteiger partial charge in [0.1, 0.15) is 0 Å². The van der Waals surface area contributed by atoms with E-state index in [1.165, 1.54) is 0 Å². The third-order valence-corrected chi connectivity index (χ3v) is 3.49. The lowest BCUT2D eigenvalue weighted by Gasteiger charge is -2.34. The minimum atomic E-state index is -0.335. The Morgan fingerprint density at radius 3 is 3.00 bits per heavy atom. The van der Waals surface area contributed by atoms with Crippen LogP contribution < -0.4 is 11.1 Å². The van der Waals surface area contributed by atoms with Crippen molar-refractivity contribution in [2.75, 3.05) is 11.9 Å². The molecule has 6 heteroatoms. The Morgan fingerprint density at radius 2 is 2.30 bits per heavy atom. The number of urea groups is 1. The molecule has 1 aliphatic rings. The van der Waals surface area contributed by atoms with Crippen molar-refractivity contribution in [3.05, 3.63) is 29.8 Å². The van der Waals surface area contributed by atoms with E-state index in [-0.39, 0.29) is 17.9 Å². The second-order valence-electron chi connectivity index (χ2n) is 5.03. The Labute approximate surface area is 118 Å². The predicted octanol–water partition coefficient (Wildman–Crippen LogP) is 2.13. The molecule has 1 aromatic carbocycles. The number of nitrogens with two attached hydrogens (primary N) is 1. The van der Waals surface area contributed by atoms with Crippen molar-refractivity contribution in [2.24, 2.45) is 10.9 Å². The highest BCUT2D eigenvalue weighted by atomic mass is 16.4. The molecule has 1 saturated heterocycles. The molecule has 108 valence electrons. The van der Waals surface area contributed by atoms with Crippen LogP contribution in [0.15, 0.2) is 29.4 Å². The standard InChI is InChI=1S/C14H20N4O2/c1-10-5-4-6-11(9-10)16-14(19)18-8-3-2-7-12(18)13(15)17-20/h4-6,9,12,20H,2-3,7-8H2,1H3,(H2,15,17)(H,16,19). The van der Waals surface area contributed by atoms with Gasteiger partial charge in [-0.25, -0.2) is 4.79 Å². The van der Waals surface area contributed by atoms with E-state index in [1.54, 1.807) is 4.90 Å². The Balaban J connectivity index is 2.10. The van der Waals surface area contributed by atoms with Crippen molar-refractivity contribution in [1.29, 1.82) is 0 Å². The van der Waals surface area contributed by atoms with Crippen LogP contribution in [-0.4, -0.2) is 34.6 Å². The Morgan fingerprint density at radius 1 is 1.50 bits per heavy atom. The molecule has 0 saturated carbocycles. The van der Waals surface area contributed by atoms with Crippen LogP contribution in [0.5, 0.6) is 0 Å². The van der Waals surface area contributed by atoms with Crippen molar-refractivity contribution in [3.63, 3.8) is 0 Å². The number of oxime groups is 1. The van der Waals surface area contributed by atoms with Crippen molar-refractivity contribution in [3.8, 4) is 0 Å². The SMILES string of the molecule is Cc1cccc(NC(=O)N2CCCCC2C(N)=NO)c1. The van der Waals surface area contributed by atoms with Gasteiger partial charge in [-0.3, -0.25) is 0 Å². The van der Waals surface area contributed by atoms with Crippen LogP contribution in [0.2, 0.25) is 0 Å². The molecule has 0 spiro atoms. The van der Waals surface area contributed by atoms with Crippen LogP contribution in [0.25, 0.3) is 0 Å². The maximum atomic E-state index is 12.3. The van der Waals surface area contributed by atoms with Gasteiger partial charge in [-0.1, -0.05) is 17.3 Å². The number of likely N-dealkylation sites (tertiary alicyclic amines) is 1. The number of carbonyl (C=O) groups excluding carboxylic acids is 1. The van der Waals surface area contributed by atoms with Gasteiger partial charge in [0, 0.05) is 12.2 Å². The van der Waals surface area contributed by atoms with Crippen molar-refractivity contribution in [1.82, 2.24) is 4.90 Å². The number of benzene rings is 1. The number of hydrogen-bond donors (Lipinski definition) is 3. The number of piperidine rings is 1. The van der Waals surface area contributed by atoms with Crippen LogP contribution in [0.4, 0.5) is 10.5 Å². The summed E-state index contributed by atoms with van der Waals surface area (Å²) >= 11 is 0. The van der Waals surface area contributed by atoms with E-state index in [4.69, 9.17) is 10.9 Å². The minimum Gasteiger partial charge on any atom is -0.409 e. The molecule has 20 heavy (non-hydrogen) atoms. The fourth-order valence-corrected chi connectivity index (χ4v) is 2.47. The quantitative estimate of drug-likeness (QED) is 0.334. The smallest absolute Gasteiger partial charge is 0.322 e. The van der Waals surface area contributed by atoms with Gasteiger partial charge in [-0.05, 0) is 43.9 Å². The fourth-order valence-electron chi connectivity index (χ4n) is 2.47. The zero-order valence-electron chi connectivity index (χ0n) is 11.5. The van der Waals surface area contributed by atoms with Crippen molar-refractivity contribution < 1.29 is 10.0 Å². The Kier molecular flexibility index (Phi) is 4.45. The molecule has 1 unspecified atom stereocenters. The summed E-state index contributed by atoms with van der Waals surface area (Å²) in [5.74, 6) is 0.0871. The molecule has 0 radical (unpaired) electrons. The van der Waals surface area contributed by atoms with E-state index < -0.39 is 0 Å². The summed E-state index contributed by atoms with van der Waals surface area (Å²) in [4.78, 5) is 14.0. The molecule has 6 nitrogen and oxygen atoms in total. The van der Waals surface area contributed by atoms with Crippen LogP contribution in [0, 0.1) is 6.92 Å². The summed E-state index contributed by atoms with van der Waals surface area (Å²) in [6.07, 6.45) is 2.61. The van der Waals surface area contributed by atoms with Gasteiger partial charge in [0.25, 0.3) is 0 Å². The number of anilines is 1. The number of carbonyl (C=O) groups is 1. The van der Waals surface area contributed by atoms with Crippen molar-refractivity contribution in [2.45, 2.75) is 32.2 Å². The Bertz CT molecular complexity index is 516. The van der Waals surface area contributed by atoms with Crippen LogP contribution >= 0.6 is 0 Å². The molecule has 1 heterocycles. The van der Waals surface area contributed by atoms with E-state index in [1.807, 2.05) is 31.2 Å². The van der Waals surface area contributed by atoms with Gasteiger partial charge in [-0.15, -0.1) is 0 Å². The number of hydrogen-bond acceptors (Lipinski definition) is 3. The molecule has 2 amide bonds. The first-order valence-corrected chi connectivity index (χ1v) is 6.73. The molecule has 1 fully saturated rings. The topological polar surface area (TPSA) is 91.0 Å². The maximum Gasteiger partial charge on any atom is 0.322 e. The number of nitrogens with one attached hydrogen (secondary N) is 1. The van der Waals surface area contributed by atoms with Gasteiger partial charge in [-0.2, -0.15) is 0 Å². The zero-order valence-corrected chi connectivity index (χ0v) is 11.5. The second kappa shape index (κ2) is 6.27. The first-order valence-electron chi connectivity index (χ1n) is 6.73. The molecular weight excluding hydrogens is 256 g/mol. The summed E-state index contributed by atoms with van der Waals surface area (Å²) < 4.78 is 0. The summed E-state index contributed by atoms with van der Waals surface area (Å²) in [6.45, 7) is 2.58. The van der Waals surface area contributed by atoms with E-state index in [0.717, 1.165) is 30.5 Å². The summed E-state index contributed by atoms with van der Waals surface area (Å²) in [7, 11) is 0. The van der Waals surface area contributed by atoms with E-state index in [0.29, 0.717) is 6.54 Å². The first-order chi connectivity index (χ1) is 9.61. The van der Waals surface area contributed by atoms with Gasteiger partial charge >= 0.3 is 6.03 Å². The van der Waals surface area contributed by atoms with Crippen LogP contribution in [-0.2, 0) is 0 Å². The Hall–Kier alpha value is -2.24. The van der Waals surface area contributed by atoms with Crippen LogP contribution in [0.3, 0.4) is 0 Å². The predicted molar refractivity (Wildman–Crippen MR) is 78.0 cm³/mol. The molecule has 0 aliphatic carbocycles. The highest BCUT2D eigenvalue weighted by molar-refractivity contribution is 5.95. The van der Waals surface area contributed by atoms with Gasteiger partial charge in [0.05, 0.1) is 6.04 Å². The largest absolute Gasteiger partial charge is 0.409 e. The normalized spacial score (nSPS) is 19.8. The lowest BCUT2D eigenvalue weighted by Crippen LogP contribution is -2.52. The minimum absolute atomic E-state index is 0.0871. The molecule has 2 rings (SSSR count). The summed E-state index contributed by atoms with van der Waals surface area (Å²) in [5.41, 5.74) is 7.50. The number of rotatable bonds is 2. The molecule has 1 aliphatic heterocycles. The van der Waals surface area contributed by atoms with Gasteiger partial charge in [0.2, 0.25) is 0 Å². The molecule has 1 aromatic rings. The monoisotopic (exact) mass is 276 g/mol. The second-order valence-corrected chi connectivity index (χ2v) is 5.03. The summed E-state index contributed by atoms with van der Waals surface area (Å²) in [5, 5.41) is 14.7. The number of amidine groups is 1. The van der Waals surface area contributed by atoms with Gasteiger partial charge < -0.3 is 21.2 Å². The van der Waals surface area contributed by atoms with Crippen LogP contribution in [0.1, 0.15) is 24.8 Å². The average Bonchev–Trinajstić information content (AvgIpc) is 2.46. The fraction of sp³-hybridized carbons (Fsp3) is 0.429. The zero-order chi connectivity index (χ0) is 14.5. The summed E-state index contributed by atoms with van der Waals surface area (Å²) in [6, 6.07) is 7.05. The van der Waals surface area contributed by atoms with E-state index in [2.05, 4.69) is 10.5 Å². The number of amides is 2. The highest BCUT2D eigenvalue weighted by Gasteiger charge is 2.29. The third-order valence-electron chi connectivity index (χ3n) is 3.49.